The lowest BCUT2D eigenvalue weighted by molar-refractivity contribution is -0.118. The van der Waals surface area contributed by atoms with E-state index in [1.807, 2.05) is 17.2 Å². The minimum Gasteiger partial charge on any atom is -0.310 e. The van der Waals surface area contributed by atoms with Crippen molar-refractivity contribution in [2.75, 3.05) is 17.2 Å². The van der Waals surface area contributed by atoms with Gasteiger partial charge in [0.2, 0.25) is 5.91 Å². The molecule has 0 aromatic carbocycles. The molecule has 0 radical (unpaired) electrons. The summed E-state index contributed by atoms with van der Waals surface area (Å²) in [6.07, 6.45) is 5.67. The van der Waals surface area contributed by atoms with Crippen molar-refractivity contribution in [3.05, 3.63) is 45.9 Å². The Balaban J connectivity index is 1.67. The van der Waals surface area contributed by atoms with Gasteiger partial charge in [0.25, 0.3) is 0 Å². The van der Waals surface area contributed by atoms with Crippen molar-refractivity contribution in [3.63, 3.8) is 0 Å². The maximum absolute atomic E-state index is 12.9. The van der Waals surface area contributed by atoms with E-state index < -0.39 is 0 Å². The first-order valence-corrected chi connectivity index (χ1v) is 8.69. The van der Waals surface area contributed by atoms with Gasteiger partial charge < -0.3 is 4.90 Å². The SMILES string of the molecule is O=C([C@@H]1SCCc2sccc21)N1CCc2cnccc21. The summed E-state index contributed by atoms with van der Waals surface area (Å²) in [5.41, 5.74) is 3.47. The van der Waals surface area contributed by atoms with Crippen LogP contribution in [-0.2, 0) is 17.6 Å². The molecule has 2 aliphatic heterocycles. The molecule has 4 heterocycles. The van der Waals surface area contributed by atoms with Crippen LogP contribution in [0.3, 0.4) is 0 Å². The number of anilines is 1. The summed E-state index contributed by atoms with van der Waals surface area (Å²) in [6, 6.07) is 4.08. The van der Waals surface area contributed by atoms with E-state index in [9.17, 15) is 4.79 Å². The van der Waals surface area contributed by atoms with Crippen molar-refractivity contribution in [2.45, 2.75) is 18.1 Å². The third-order valence-electron chi connectivity index (χ3n) is 3.94. The van der Waals surface area contributed by atoms with Crippen LogP contribution >= 0.6 is 23.1 Å². The Morgan fingerprint density at radius 3 is 3.25 bits per heavy atom. The normalized spacial score (nSPS) is 20.6. The summed E-state index contributed by atoms with van der Waals surface area (Å²) in [4.78, 5) is 20.4. The van der Waals surface area contributed by atoms with E-state index in [-0.39, 0.29) is 11.2 Å². The highest BCUT2D eigenvalue weighted by Gasteiger charge is 2.34. The summed E-state index contributed by atoms with van der Waals surface area (Å²) in [5, 5.41) is 2.09. The number of hydrogen-bond donors (Lipinski definition) is 0. The third kappa shape index (κ3) is 1.88. The van der Waals surface area contributed by atoms with Crippen LogP contribution in [-0.4, -0.2) is 23.2 Å². The van der Waals surface area contributed by atoms with Crippen molar-refractivity contribution in [2.24, 2.45) is 0 Å². The lowest BCUT2D eigenvalue weighted by Crippen LogP contribution is -2.33. The van der Waals surface area contributed by atoms with Gasteiger partial charge in [-0.1, -0.05) is 0 Å². The molecule has 5 heteroatoms. The monoisotopic (exact) mass is 302 g/mol. The fourth-order valence-corrected chi connectivity index (χ4v) is 5.30. The van der Waals surface area contributed by atoms with Crippen LogP contribution in [0.15, 0.2) is 29.9 Å². The van der Waals surface area contributed by atoms with Crippen LogP contribution in [0.2, 0.25) is 0 Å². The molecule has 3 nitrogen and oxygen atoms in total. The number of aromatic nitrogens is 1. The Morgan fingerprint density at radius 2 is 2.30 bits per heavy atom. The number of carbonyl (C=O) groups excluding carboxylic acids is 1. The molecule has 0 bridgehead atoms. The zero-order valence-electron chi connectivity index (χ0n) is 10.9. The average Bonchev–Trinajstić information content (AvgIpc) is 3.12. The summed E-state index contributed by atoms with van der Waals surface area (Å²) in [7, 11) is 0. The molecule has 0 fully saturated rings. The van der Waals surface area contributed by atoms with Crippen molar-refractivity contribution in [1.29, 1.82) is 0 Å². The molecule has 0 aliphatic carbocycles. The molecular formula is C15H14N2OS2. The molecule has 2 aromatic rings. The quantitative estimate of drug-likeness (QED) is 0.812. The van der Waals surface area contributed by atoms with Crippen LogP contribution in [0.25, 0.3) is 0 Å². The van der Waals surface area contributed by atoms with E-state index in [1.54, 1.807) is 29.3 Å². The fourth-order valence-electron chi connectivity index (χ4n) is 2.95. The first-order chi connectivity index (χ1) is 9.84. The number of rotatable bonds is 1. The van der Waals surface area contributed by atoms with E-state index in [1.165, 1.54) is 16.0 Å². The van der Waals surface area contributed by atoms with Crippen LogP contribution < -0.4 is 4.90 Å². The van der Waals surface area contributed by atoms with Crippen LogP contribution in [0, 0.1) is 0 Å². The van der Waals surface area contributed by atoms with E-state index in [2.05, 4.69) is 16.4 Å². The molecule has 1 atom stereocenters. The predicted octanol–water partition coefficient (Wildman–Crippen LogP) is 3.06. The maximum Gasteiger partial charge on any atom is 0.244 e. The number of hydrogen-bond acceptors (Lipinski definition) is 4. The second-order valence-corrected chi connectivity index (χ2v) is 7.26. The Hall–Kier alpha value is -1.33. The summed E-state index contributed by atoms with van der Waals surface area (Å²) >= 11 is 3.56. The first kappa shape index (κ1) is 12.4. The molecule has 0 saturated heterocycles. The van der Waals surface area contributed by atoms with Gasteiger partial charge >= 0.3 is 0 Å². The van der Waals surface area contributed by atoms with Crippen molar-refractivity contribution < 1.29 is 4.79 Å². The molecule has 20 heavy (non-hydrogen) atoms. The molecule has 0 spiro atoms. The van der Waals surface area contributed by atoms with Crippen LogP contribution in [0.4, 0.5) is 5.69 Å². The van der Waals surface area contributed by atoms with E-state index in [0.717, 1.165) is 30.8 Å². The van der Waals surface area contributed by atoms with Gasteiger partial charge in [-0.25, -0.2) is 0 Å². The van der Waals surface area contributed by atoms with Gasteiger partial charge in [0.05, 0.1) is 0 Å². The average molecular weight is 302 g/mol. The van der Waals surface area contributed by atoms with E-state index >= 15 is 0 Å². The number of amides is 1. The molecule has 0 saturated carbocycles. The fraction of sp³-hybridized carbons (Fsp3) is 0.333. The topological polar surface area (TPSA) is 33.2 Å². The Kier molecular flexibility index (Phi) is 3.04. The molecule has 2 aliphatic rings. The Morgan fingerprint density at radius 1 is 1.35 bits per heavy atom. The largest absolute Gasteiger partial charge is 0.310 e. The van der Waals surface area contributed by atoms with Crippen LogP contribution in [0.5, 0.6) is 0 Å². The van der Waals surface area contributed by atoms with Crippen molar-refractivity contribution >= 4 is 34.7 Å². The molecule has 4 rings (SSSR count). The predicted molar refractivity (Wildman–Crippen MR) is 83.5 cm³/mol. The van der Waals surface area contributed by atoms with Gasteiger partial charge in [-0.05, 0) is 47.2 Å². The lowest BCUT2D eigenvalue weighted by Gasteiger charge is -2.26. The number of thioether (sulfide) groups is 1. The second-order valence-electron chi connectivity index (χ2n) is 5.04. The number of pyridine rings is 1. The lowest BCUT2D eigenvalue weighted by atomic mass is 10.1. The highest BCUT2D eigenvalue weighted by molar-refractivity contribution is 8.00. The van der Waals surface area contributed by atoms with Gasteiger partial charge in [-0.3, -0.25) is 9.78 Å². The Labute approximate surface area is 126 Å². The molecular weight excluding hydrogens is 288 g/mol. The van der Waals surface area contributed by atoms with Gasteiger partial charge in [0.1, 0.15) is 5.25 Å². The number of thiophene rings is 1. The molecule has 0 unspecified atom stereocenters. The minimum absolute atomic E-state index is 0.0240. The van der Waals surface area contributed by atoms with Gasteiger partial charge in [-0.15, -0.1) is 23.1 Å². The number of fused-ring (bicyclic) bond motifs is 2. The van der Waals surface area contributed by atoms with Gasteiger partial charge in [0.15, 0.2) is 0 Å². The summed E-state index contributed by atoms with van der Waals surface area (Å²) < 4.78 is 0. The molecule has 2 aromatic heterocycles. The standard InChI is InChI=1S/C15H14N2OS2/c18-15(14-11-3-7-19-13(11)4-8-20-14)17-6-2-10-9-16-5-1-12(10)17/h1,3,5,7,9,14H,2,4,6,8H2/t14-/m1/s1. The molecule has 1 amide bonds. The minimum atomic E-state index is -0.0240. The van der Waals surface area contributed by atoms with Gasteiger partial charge in [0, 0.05) is 29.5 Å². The van der Waals surface area contributed by atoms with Gasteiger partial charge in [-0.2, -0.15) is 0 Å². The summed E-state index contributed by atoms with van der Waals surface area (Å²) in [6.45, 7) is 0.788. The van der Waals surface area contributed by atoms with E-state index in [0.29, 0.717) is 0 Å². The number of nitrogens with zero attached hydrogens (tertiary/aromatic N) is 2. The van der Waals surface area contributed by atoms with Crippen molar-refractivity contribution in [3.8, 4) is 0 Å². The summed E-state index contributed by atoms with van der Waals surface area (Å²) in [5.74, 6) is 1.28. The smallest absolute Gasteiger partial charge is 0.244 e. The third-order valence-corrected chi connectivity index (χ3v) is 6.16. The van der Waals surface area contributed by atoms with Crippen LogP contribution in [0.1, 0.15) is 21.3 Å². The van der Waals surface area contributed by atoms with Crippen molar-refractivity contribution in [1.82, 2.24) is 4.98 Å². The first-order valence-electron chi connectivity index (χ1n) is 6.77. The molecule has 0 N–H and O–H groups in total. The zero-order valence-corrected chi connectivity index (χ0v) is 12.5. The second kappa shape index (κ2) is 4.90. The van der Waals surface area contributed by atoms with E-state index in [4.69, 9.17) is 0 Å². The highest BCUT2D eigenvalue weighted by atomic mass is 32.2. The number of aryl methyl sites for hydroxylation is 1. The zero-order chi connectivity index (χ0) is 13.5. The molecule has 102 valence electrons. The highest BCUT2D eigenvalue weighted by Crippen LogP contribution is 2.42. The number of carbonyl (C=O) groups is 1. The Bertz CT molecular complexity index is 667. The maximum atomic E-state index is 12.9.